The summed E-state index contributed by atoms with van der Waals surface area (Å²) in [6.45, 7) is 4.19. The van der Waals surface area contributed by atoms with Crippen LogP contribution in [0.15, 0.2) is 36.5 Å². The van der Waals surface area contributed by atoms with Crippen LogP contribution in [0.3, 0.4) is 0 Å². The van der Waals surface area contributed by atoms with Crippen LogP contribution >= 0.6 is 24.8 Å². The Morgan fingerprint density at radius 2 is 1.67 bits per heavy atom. The Morgan fingerprint density at radius 1 is 1.00 bits per heavy atom. The van der Waals surface area contributed by atoms with E-state index >= 15 is 0 Å². The largest absolute Gasteiger partial charge is 0.354 e. The second-order valence-electron chi connectivity index (χ2n) is 4.13. The van der Waals surface area contributed by atoms with Gasteiger partial charge in [-0.25, -0.2) is 4.98 Å². The molecule has 1 saturated heterocycles. The number of hydrogen-bond acceptors (Lipinski definition) is 3. The van der Waals surface area contributed by atoms with E-state index in [-0.39, 0.29) is 24.8 Å². The molecule has 1 aromatic heterocycles. The molecule has 1 aromatic carbocycles. The van der Waals surface area contributed by atoms with Gasteiger partial charge >= 0.3 is 0 Å². The molecule has 0 radical (unpaired) electrons. The van der Waals surface area contributed by atoms with E-state index in [4.69, 9.17) is 0 Å². The summed E-state index contributed by atoms with van der Waals surface area (Å²) in [6.07, 6.45) is 1.96. The van der Waals surface area contributed by atoms with E-state index in [1.54, 1.807) is 0 Å². The van der Waals surface area contributed by atoms with Crippen molar-refractivity contribution in [1.29, 1.82) is 0 Å². The Bertz CT molecular complexity index is 498. The van der Waals surface area contributed by atoms with Gasteiger partial charge in [-0.05, 0) is 11.5 Å². The number of pyridine rings is 1. The maximum absolute atomic E-state index is 4.53. The summed E-state index contributed by atoms with van der Waals surface area (Å²) in [7, 11) is 0. The van der Waals surface area contributed by atoms with Gasteiger partial charge in [0.25, 0.3) is 0 Å². The summed E-state index contributed by atoms with van der Waals surface area (Å²) in [4.78, 5) is 6.86. The molecule has 0 saturated carbocycles. The van der Waals surface area contributed by atoms with Crippen LogP contribution in [0.1, 0.15) is 0 Å². The Balaban J connectivity index is 0.000000810. The molecule has 0 bridgehead atoms. The first-order chi connectivity index (χ1) is 7.93. The summed E-state index contributed by atoms with van der Waals surface area (Å²) in [5.41, 5.74) is 0. The lowest BCUT2D eigenvalue weighted by Gasteiger charge is -2.28. The Hall–Kier alpha value is -1.03. The summed E-state index contributed by atoms with van der Waals surface area (Å²) in [6, 6.07) is 10.5. The third kappa shape index (κ3) is 3.05. The highest BCUT2D eigenvalue weighted by atomic mass is 35.5. The van der Waals surface area contributed by atoms with Crippen molar-refractivity contribution >= 4 is 41.4 Å². The zero-order valence-corrected chi connectivity index (χ0v) is 11.6. The summed E-state index contributed by atoms with van der Waals surface area (Å²) >= 11 is 0. The SMILES string of the molecule is Cl.Cl.c1ccc2cc(N3CCNCC3)ncc2c1. The van der Waals surface area contributed by atoms with Gasteiger partial charge in [0.1, 0.15) is 5.82 Å². The van der Waals surface area contributed by atoms with E-state index in [0.29, 0.717) is 0 Å². The third-order valence-corrected chi connectivity index (χ3v) is 3.06. The zero-order valence-electron chi connectivity index (χ0n) is 10.0. The van der Waals surface area contributed by atoms with Crippen LogP contribution in [0.2, 0.25) is 0 Å². The summed E-state index contributed by atoms with van der Waals surface area (Å²) in [5.74, 6) is 1.10. The molecule has 3 rings (SSSR count). The number of benzene rings is 1. The molecule has 2 heterocycles. The van der Waals surface area contributed by atoms with E-state index in [2.05, 4.69) is 45.5 Å². The topological polar surface area (TPSA) is 28.2 Å². The number of hydrogen-bond donors (Lipinski definition) is 1. The van der Waals surface area contributed by atoms with Crippen molar-refractivity contribution in [1.82, 2.24) is 10.3 Å². The fourth-order valence-corrected chi connectivity index (χ4v) is 2.14. The Kier molecular flexibility index (Phi) is 5.66. The highest BCUT2D eigenvalue weighted by Gasteiger charge is 2.11. The molecule has 1 aliphatic heterocycles. The average Bonchev–Trinajstić information content (AvgIpc) is 2.39. The monoisotopic (exact) mass is 285 g/mol. The number of rotatable bonds is 1. The van der Waals surface area contributed by atoms with Crippen LogP contribution in [-0.2, 0) is 0 Å². The molecular weight excluding hydrogens is 269 g/mol. The molecule has 2 aromatic rings. The van der Waals surface area contributed by atoms with Crippen molar-refractivity contribution in [2.45, 2.75) is 0 Å². The van der Waals surface area contributed by atoms with Crippen LogP contribution < -0.4 is 10.2 Å². The van der Waals surface area contributed by atoms with Gasteiger partial charge in [0, 0.05) is 37.8 Å². The highest BCUT2D eigenvalue weighted by Crippen LogP contribution is 2.19. The number of fused-ring (bicyclic) bond motifs is 1. The normalized spacial score (nSPS) is 14.8. The van der Waals surface area contributed by atoms with E-state index in [1.807, 2.05) is 6.20 Å². The van der Waals surface area contributed by atoms with Gasteiger partial charge in [0.15, 0.2) is 0 Å². The quantitative estimate of drug-likeness (QED) is 0.873. The molecule has 0 spiro atoms. The maximum Gasteiger partial charge on any atom is 0.129 e. The molecule has 1 N–H and O–H groups in total. The van der Waals surface area contributed by atoms with Gasteiger partial charge in [-0.1, -0.05) is 24.3 Å². The van der Waals surface area contributed by atoms with E-state index < -0.39 is 0 Å². The molecule has 18 heavy (non-hydrogen) atoms. The minimum atomic E-state index is 0. The lowest BCUT2D eigenvalue weighted by atomic mass is 10.2. The smallest absolute Gasteiger partial charge is 0.129 e. The second kappa shape index (κ2) is 6.78. The molecule has 98 valence electrons. The number of halogens is 2. The van der Waals surface area contributed by atoms with Crippen LogP contribution in [0.5, 0.6) is 0 Å². The predicted octanol–water partition coefficient (Wildman–Crippen LogP) is 2.49. The van der Waals surface area contributed by atoms with Crippen molar-refractivity contribution < 1.29 is 0 Å². The van der Waals surface area contributed by atoms with Crippen molar-refractivity contribution in [2.75, 3.05) is 31.1 Å². The Morgan fingerprint density at radius 3 is 2.39 bits per heavy atom. The fraction of sp³-hybridized carbons (Fsp3) is 0.308. The summed E-state index contributed by atoms with van der Waals surface area (Å²) in [5, 5.41) is 5.83. The van der Waals surface area contributed by atoms with E-state index in [9.17, 15) is 0 Å². The standard InChI is InChI=1S/C13H15N3.2ClH/c1-2-4-12-10-15-13(9-11(12)3-1)16-7-5-14-6-8-16;;/h1-4,9-10,14H,5-8H2;2*1H. The van der Waals surface area contributed by atoms with Crippen molar-refractivity contribution in [3.63, 3.8) is 0 Å². The molecule has 0 atom stereocenters. The first-order valence-corrected chi connectivity index (χ1v) is 5.74. The van der Waals surface area contributed by atoms with Gasteiger partial charge in [-0.2, -0.15) is 0 Å². The van der Waals surface area contributed by atoms with Gasteiger partial charge in [-0.15, -0.1) is 24.8 Å². The van der Waals surface area contributed by atoms with Gasteiger partial charge < -0.3 is 10.2 Å². The predicted molar refractivity (Wildman–Crippen MR) is 81.3 cm³/mol. The van der Waals surface area contributed by atoms with Crippen molar-refractivity contribution in [3.05, 3.63) is 36.5 Å². The molecule has 3 nitrogen and oxygen atoms in total. The lowest BCUT2D eigenvalue weighted by molar-refractivity contribution is 0.585. The molecule has 1 fully saturated rings. The molecule has 5 heteroatoms. The van der Waals surface area contributed by atoms with Gasteiger partial charge in [-0.3, -0.25) is 0 Å². The number of aromatic nitrogens is 1. The van der Waals surface area contributed by atoms with Crippen molar-refractivity contribution in [3.8, 4) is 0 Å². The zero-order chi connectivity index (χ0) is 10.8. The van der Waals surface area contributed by atoms with Gasteiger partial charge in [0.2, 0.25) is 0 Å². The van der Waals surface area contributed by atoms with Crippen LogP contribution in [-0.4, -0.2) is 31.2 Å². The second-order valence-corrected chi connectivity index (χ2v) is 4.13. The average molecular weight is 286 g/mol. The minimum absolute atomic E-state index is 0. The van der Waals surface area contributed by atoms with E-state index in [1.165, 1.54) is 10.8 Å². The number of anilines is 1. The third-order valence-electron chi connectivity index (χ3n) is 3.06. The first-order valence-electron chi connectivity index (χ1n) is 5.74. The lowest BCUT2D eigenvalue weighted by Crippen LogP contribution is -2.43. The minimum Gasteiger partial charge on any atom is -0.354 e. The van der Waals surface area contributed by atoms with Crippen LogP contribution in [0.4, 0.5) is 5.82 Å². The molecular formula is C13H17Cl2N3. The fourth-order valence-electron chi connectivity index (χ4n) is 2.14. The molecule has 0 unspecified atom stereocenters. The molecule has 0 aliphatic carbocycles. The van der Waals surface area contributed by atoms with Crippen molar-refractivity contribution in [2.24, 2.45) is 0 Å². The first kappa shape index (κ1) is 15.0. The molecule has 0 amide bonds. The molecule has 1 aliphatic rings. The number of nitrogens with one attached hydrogen (secondary N) is 1. The maximum atomic E-state index is 4.53. The van der Waals surface area contributed by atoms with Crippen LogP contribution in [0.25, 0.3) is 10.8 Å². The highest BCUT2D eigenvalue weighted by molar-refractivity contribution is 5.85. The van der Waals surface area contributed by atoms with Gasteiger partial charge in [0.05, 0.1) is 0 Å². The number of nitrogens with zero attached hydrogens (tertiary/aromatic N) is 2. The Labute approximate surface area is 119 Å². The van der Waals surface area contributed by atoms with Crippen LogP contribution in [0, 0.1) is 0 Å². The summed E-state index contributed by atoms with van der Waals surface area (Å²) < 4.78 is 0. The number of piperazine rings is 1. The van der Waals surface area contributed by atoms with E-state index in [0.717, 1.165) is 32.0 Å².